The monoisotopic (exact) mass is 1220 g/mol. The summed E-state index contributed by atoms with van der Waals surface area (Å²) in [5.41, 5.74) is -1.10. The molecule has 0 radical (unpaired) electrons. The van der Waals surface area contributed by atoms with E-state index in [1.165, 1.54) is 30.5 Å². The molecule has 0 saturated heterocycles. The van der Waals surface area contributed by atoms with Gasteiger partial charge in [-0.15, -0.1) is 0 Å². The van der Waals surface area contributed by atoms with Gasteiger partial charge in [0.25, 0.3) is 6.33 Å². The first-order valence-corrected chi connectivity index (χ1v) is 30.0. The summed E-state index contributed by atoms with van der Waals surface area (Å²) in [6, 6.07) is 25.3. The van der Waals surface area contributed by atoms with E-state index in [1.54, 1.807) is 80.4 Å². The number of rotatable bonds is 11. The van der Waals surface area contributed by atoms with Crippen LogP contribution in [0, 0.1) is 26.9 Å². The first-order valence-electron chi connectivity index (χ1n) is 43.5. The van der Waals surface area contributed by atoms with Crippen molar-refractivity contribution < 1.29 is 46.3 Å². The van der Waals surface area contributed by atoms with Crippen LogP contribution in [-0.2, 0) is 16.2 Å². The number of pyridine rings is 1. The summed E-state index contributed by atoms with van der Waals surface area (Å²) in [5.74, 6) is 0.535. The number of hydrogen-bond acceptors (Lipinski definition) is 2. The van der Waals surface area contributed by atoms with Crippen LogP contribution in [0.4, 0.5) is 0 Å². The third-order valence-corrected chi connectivity index (χ3v) is 16.6. The van der Waals surface area contributed by atoms with Gasteiger partial charge in [-0.1, -0.05) is 238 Å². The topological polar surface area (TPSA) is 35.9 Å². The minimum Gasteiger partial charge on any atom is -0.458 e. The summed E-state index contributed by atoms with van der Waals surface area (Å²) < 4.78 is 257. The van der Waals surface area contributed by atoms with Gasteiger partial charge in [0.1, 0.15) is 17.3 Å². The standard InChI is InChI=1S/C87H78N4O/c1-56-26-24-27-57(2)83(56)62-38-41-79-81(48-62)89(70-34-25-35-71(52-70)92-72-39-40-74-73-36-22-23-37-78(73)91(80(74)53-72)82-42-58(3)77(54-88-82)61-32-20-15-21-33-61)55-90(79)84-75(65-44-63(59-28-16-13-17-29-59)43-64(45-65)60-30-18-14-19-31-60)50-69(87(10,11)12)51-76(84)66-46-67(85(4,5)6)49-68(47-66)86(7,8)9/h13-54H,1-12H3/i1D3,2D3,3D3,13D,14D,15D,16D,17D,18D,19D,20D,21D,28D,29D,30D,31D,32D,33D,43D,44D,45D. The largest absolute Gasteiger partial charge is 0.458 e. The lowest BCUT2D eigenvalue weighted by Crippen LogP contribution is -2.32. The normalized spacial score (nSPS) is 16.7. The van der Waals surface area contributed by atoms with Crippen molar-refractivity contribution in [2.24, 2.45) is 0 Å². The van der Waals surface area contributed by atoms with E-state index in [9.17, 15) is 9.60 Å². The van der Waals surface area contributed by atoms with Crippen molar-refractivity contribution in [3.63, 3.8) is 0 Å². The van der Waals surface area contributed by atoms with Gasteiger partial charge in [-0.05, 0) is 198 Å². The molecule has 14 aromatic rings. The van der Waals surface area contributed by atoms with Crippen LogP contribution in [0.2, 0.25) is 0 Å². The van der Waals surface area contributed by atoms with E-state index in [1.807, 2.05) is 63.2 Å². The SMILES string of the molecule is [2H]c1c([2H])c([2H])c(-c2cnc(-n3c4ccccc4c4ccc(Oc5cccc(-n6[c-][n+](-c7c(-c8cc(C(C)(C)C)cc(C(C)(C)C)c8)cc(C(C)(C)C)cc7-c7c([2H])c(-c8c([2H])c([2H])c([2H])c([2H])c8[2H])c([2H])c(-c8c([2H])c([2H])c([2H])c([2H])c8[2H])c7[2H])c7ccc(-c8c(C([2H])([2H])[2H])cccc8C([2H])([2H])[2H])cc76)c5)cc43)cc2C([2H])([2H])[2H])c([2H])c1[2H]. The third kappa shape index (κ3) is 11.2. The predicted molar refractivity (Wildman–Crippen MR) is 385 cm³/mol. The van der Waals surface area contributed by atoms with Crippen molar-refractivity contribution in [1.82, 2.24) is 14.1 Å². The second-order valence-electron chi connectivity index (χ2n) is 25.9. The van der Waals surface area contributed by atoms with E-state index >= 15 is 0 Å². The molecule has 0 aliphatic rings. The van der Waals surface area contributed by atoms with Crippen LogP contribution >= 0.6 is 0 Å². The second-order valence-corrected chi connectivity index (χ2v) is 25.9. The lowest BCUT2D eigenvalue weighted by molar-refractivity contribution is -0.571. The molecular formula is C87H78N4O. The fourth-order valence-electron chi connectivity index (χ4n) is 11.7. The highest BCUT2D eigenvalue weighted by Crippen LogP contribution is 2.45. The lowest BCUT2D eigenvalue weighted by atomic mass is 9.77. The molecule has 0 aliphatic carbocycles. The molecule has 0 bridgehead atoms. The zero-order valence-corrected chi connectivity index (χ0v) is 52.1. The molecule has 0 unspecified atom stereocenters. The Morgan fingerprint density at radius 2 is 1.00 bits per heavy atom. The third-order valence-electron chi connectivity index (χ3n) is 16.6. The van der Waals surface area contributed by atoms with E-state index < -0.39 is 173 Å². The van der Waals surface area contributed by atoms with Crippen LogP contribution in [0.3, 0.4) is 0 Å². The van der Waals surface area contributed by atoms with E-state index in [2.05, 4.69) is 53.9 Å². The van der Waals surface area contributed by atoms with E-state index in [0.29, 0.717) is 38.8 Å². The summed E-state index contributed by atoms with van der Waals surface area (Å²) in [6.07, 6.45) is 4.80. The van der Waals surface area contributed by atoms with Crippen LogP contribution in [0.15, 0.2) is 254 Å². The van der Waals surface area contributed by atoms with Crippen molar-refractivity contribution in [3.8, 4) is 95.5 Å². The van der Waals surface area contributed by atoms with Crippen molar-refractivity contribution in [3.05, 3.63) is 294 Å². The van der Waals surface area contributed by atoms with Gasteiger partial charge in [-0.25, -0.2) is 4.98 Å². The maximum absolute atomic E-state index is 10.7. The molecule has 5 nitrogen and oxygen atoms in total. The number of nitrogens with zero attached hydrogens (tertiary/aromatic N) is 4. The van der Waals surface area contributed by atoms with Gasteiger partial charge < -0.3 is 4.74 Å². The first kappa shape index (κ1) is 35.9. The molecule has 14 rings (SSSR count). The Hall–Kier alpha value is -10.4. The van der Waals surface area contributed by atoms with Gasteiger partial charge in [0.15, 0.2) is 0 Å². The fraction of sp³-hybridized carbons (Fsp3) is 0.172. The van der Waals surface area contributed by atoms with Gasteiger partial charge in [0.05, 0.1) is 58.1 Å². The van der Waals surface area contributed by atoms with Gasteiger partial charge in [-0.3, -0.25) is 13.7 Å². The minimum atomic E-state index is -2.91. The zero-order chi connectivity index (χ0) is 87.0. The molecule has 0 atom stereocenters. The number of aryl methyl sites for hydroxylation is 3. The Morgan fingerprint density at radius 3 is 1.63 bits per heavy atom. The molecule has 0 fully saturated rings. The number of fused-ring (bicyclic) bond motifs is 4. The highest BCUT2D eigenvalue weighted by Gasteiger charge is 2.29. The maximum Gasteiger partial charge on any atom is 0.269 e. The summed E-state index contributed by atoms with van der Waals surface area (Å²) in [7, 11) is 0. The van der Waals surface area contributed by atoms with Crippen molar-refractivity contribution in [1.29, 1.82) is 0 Å². The summed E-state index contributed by atoms with van der Waals surface area (Å²) in [4.78, 5) is 4.75. The Morgan fingerprint density at radius 1 is 0.435 bits per heavy atom. The van der Waals surface area contributed by atoms with Crippen molar-refractivity contribution in [2.45, 2.75) is 99.1 Å². The number of imidazole rings is 1. The molecule has 0 N–H and O–H groups in total. The summed E-state index contributed by atoms with van der Waals surface area (Å²) in [6.45, 7) is 9.47. The van der Waals surface area contributed by atoms with Crippen LogP contribution in [-0.4, -0.2) is 14.1 Å². The molecule has 452 valence electrons. The van der Waals surface area contributed by atoms with Crippen LogP contribution in [0.5, 0.6) is 11.5 Å². The molecule has 0 saturated carbocycles. The van der Waals surface area contributed by atoms with Crippen molar-refractivity contribution in [2.75, 3.05) is 0 Å². The van der Waals surface area contributed by atoms with Crippen LogP contribution < -0.4 is 9.30 Å². The van der Waals surface area contributed by atoms with Gasteiger partial charge in [0, 0.05) is 40.9 Å². The van der Waals surface area contributed by atoms with Gasteiger partial charge >= 0.3 is 0 Å². The number of para-hydroxylation sites is 1. The molecule has 0 amide bonds. The maximum atomic E-state index is 10.7. The quantitative estimate of drug-likeness (QED) is 0.0956. The van der Waals surface area contributed by atoms with E-state index in [-0.39, 0.29) is 78.5 Å². The molecule has 11 aromatic carbocycles. The smallest absolute Gasteiger partial charge is 0.269 e. The second kappa shape index (κ2) is 23.1. The molecule has 0 spiro atoms. The Labute approximate surface area is 580 Å². The predicted octanol–water partition coefficient (Wildman–Crippen LogP) is 22.8. The number of aromatic nitrogens is 4. The number of hydrogen-bond donors (Lipinski definition) is 0. The molecule has 5 heteroatoms. The van der Waals surface area contributed by atoms with Gasteiger partial charge in [-0.2, -0.15) is 0 Å². The lowest BCUT2D eigenvalue weighted by Gasteiger charge is -2.29. The number of ether oxygens (including phenoxy) is 1. The van der Waals surface area contributed by atoms with Gasteiger partial charge in [0.2, 0.25) is 0 Å². The van der Waals surface area contributed by atoms with Crippen LogP contribution in [0.1, 0.15) is 133 Å². The molecule has 3 heterocycles. The average Bonchev–Trinajstić information content (AvgIpc) is 1.62. The van der Waals surface area contributed by atoms with Crippen molar-refractivity contribution >= 4 is 32.8 Å². The Bertz CT molecular complexity index is 6400. The van der Waals surface area contributed by atoms with Crippen LogP contribution in [0.25, 0.3) is 117 Å². The first-order chi connectivity index (χ1) is 55.3. The molecule has 0 aliphatic heterocycles. The number of benzene rings is 11. The molecule has 3 aromatic heterocycles. The summed E-state index contributed by atoms with van der Waals surface area (Å²) in [5, 5.41) is 1.41. The zero-order valence-electron chi connectivity index (χ0n) is 79.1. The van der Waals surface area contributed by atoms with E-state index in [4.69, 9.17) is 37.1 Å². The average molecular weight is 1220 g/mol. The Balaban J connectivity index is 1.10. The summed E-state index contributed by atoms with van der Waals surface area (Å²) >= 11 is 0. The fourth-order valence-corrected chi connectivity index (χ4v) is 11.7. The molecule has 92 heavy (non-hydrogen) atoms. The minimum absolute atomic E-state index is 0.00959. The molecular weight excluding hydrogens is 1120 g/mol. The van der Waals surface area contributed by atoms with E-state index in [0.717, 1.165) is 16.5 Å². The Kier molecular flexibility index (Phi) is 9.03. The highest BCUT2D eigenvalue weighted by atomic mass is 16.5. The highest BCUT2D eigenvalue weighted by molar-refractivity contribution is 6.09.